The minimum absolute atomic E-state index is 0.0323. The zero-order valence-corrected chi connectivity index (χ0v) is 15.7. The number of fused-ring (bicyclic) bond motifs is 1. The monoisotopic (exact) mass is 396 g/mol. The molecule has 0 saturated carbocycles. The first-order valence-corrected chi connectivity index (χ1v) is 9.84. The number of ether oxygens (including phenoxy) is 2. The molecular weight excluding hydrogens is 380 g/mol. The Balaban J connectivity index is 1.48. The molecule has 0 spiro atoms. The van der Waals surface area contributed by atoms with Crippen LogP contribution in [0.3, 0.4) is 0 Å². The average Bonchev–Trinajstić information content (AvgIpc) is 3.14. The molecule has 0 bridgehead atoms. The van der Waals surface area contributed by atoms with Gasteiger partial charge < -0.3 is 9.47 Å². The Morgan fingerprint density at radius 2 is 1.86 bits per heavy atom. The Kier molecular flexibility index (Phi) is 4.66. The van der Waals surface area contributed by atoms with Crippen molar-refractivity contribution in [1.82, 2.24) is 9.97 Å². The van der Waals surface area contributed by atoms with E-state index in [1.807, 2.05) is 18.2 Å². The van der Waals surface area contributed by atoms with Gasteiger partial charge in [-0.2, -0.15) is 0 Å². The van der Waals surface area contributed by atoms with Crippen LogP contribution in [0.1, 0.15) is 11.3 Å². The van der Waals surface area contributed by atoms with Crippen molar-refractivity contribution >= 4 is 27.9 Å². The van der Waals surface area contributed by atoms with Crippen LogP contribution in [0.5, 0.6) is 11.5 Å². The highest BCUT2D eigenvalue weighted by Crippen LogP contribution is 2.32. The first-order valence-electron chi connectivity index (χ1n) is 8.36. The number of rotatable bonds is 5. The molecule has 0 atom stereocenters. The van der Waals surface area contributed by atoms with Gasteiger partial charge in [-0.3, -0.25) is 4.99 Å². The molecule has 2 heterocycles. The van der Waals surface area contributed by atoms with Gasteiger partial charge in [0.15, 0.2) is 11.5 Å². The second-order valence-corrected chi connectivity index (χ2v) is 7.67. The number of sulfonamides is 1. The lowest BCUT2D eigenvalue weighted by Crippen LogP contribution is -2.15. The molecule has 8 nitrogen and oxygen atoms in total. The van der Waals surface area contributed by atoms with Crippen molar-refractivity contribution in [3.05, 3.63) is 66.0 Å². The molecule has 0 radical (unpaired) electrons. The number of nitrogens with one attached hydrogen (secondary N) is 1. The van der Waals surface area contributed by atoms with Gasteiger partial charge >= 0.3 is 0 Å². The Labute approximate surface area is 162 Å². The van der Waals surface area contributed by atoms with E-state index in [4.69, 9.17) is 9.47 Å². The standard InChI is InChI=1S/C19H16N4O4S/c1-13-8-9-20-19(22-13)23-28(24,25)16-5-3-15(4-6-16)21-11-14-2-7-17-18(10-14)27-12-26-17/h2-11H,12H2,1H3,(H,20,22,23). The maximum atomic E-state index is 12.5. The van der Waals surface area contributed by atoms with Crippen molar-refractivity contribution < 1.29 is 17.9 Å². The van der Waals surface area contributed by atoms with E-state index in [2.05, 4.69) is 19.7 Å². The van der Waals surface area contributed by atoms with Gasteiger partial charge in [-0.05, 0) is 61.0 Å². The molecule has 0 aliphatic carbocycles. The van der Waals surface area contributed by atoms with Crippen molar-refractivity contribution in [2.45, 2.75) is 11.8 Å². The van der Waals surface area contributed by atoms with Crippen LogP contribution in [0.15, 0.2) is 64.6 Å². The fourth-order valence-corrected chi connectivity index (χ4v) is 3.48. The van der Waals surface area contributed by atoms with E-state index in [1.165, 1.54) is 18.3 Å². The second kappa shape index (κ2) is 7.28. The lowest BCUT2D eigenvalue weighted by atomic mass is 10.2. The minimum atomic E-state index is -3.78. The summed E-state index contributed by atoms with van der Waals surface area (Å²) in [6, 6.07) is 13.4. The normalized spacial score (nSPS) is 13.0. The van der Waals surface area contributed by atoms with E-state index in [1.54, 1.807) is 31.3 Å². The summed E-state index contributed by atoms with van der Waals surface area (Å²) in [7, 11) is -3.78. The van der Waals surface area contributed by atoms with Crippen LogP contribution in [0.2, 0.25) is 0 Å². The zero-order valence-electron chi connectivity index (χ0n) is 14.9. The highest BCUT2D eigenvalue weighted by Gasteiger charge is 2.15. The van der Waals surface area contributed by atoms with E-state index in [0.717, 1.165) is 5.56 Å². The van der Waals surface area contributed by atoms with Gasteiger partial charge in [0, 0.05) is 18.1 Å². The van der Waals surface area contributed by atoms with Gasteiger partial charge in [-0.15, -0.1) is 0 Å². The van der Waals surface area contributed by atoms with Gasteiger partial charge in [0.1, 0.15) is 0 Å². The highest BCUT2D eigenvalue weighted by atomic mass is 32.2. The summed E-state index contributed by atoms with van der Waals surface area (Å²) < 4.78 is 37.9. The Bertz CT molecular complexity index is 1140. The molecule has 1 aliphatic heterocycles. The maximum absolute atomic E-state index is 12.5. The molecule has 0 amide bonds. The molecular formula is C19H16N4O4S. The molecule has 1 aliphatic rings. The number of aromatic nitrogens is 2. The molecule has 1 N–H and O–H groups in total. The SMILES string of the molecule is Cc1ccnc(NS(=O)(=O)c2ccc(N=Cc3ccc4c(c3)OCO4)cc2)n1. The summed E-state index contributed by atoms with van der Waals surface area (Å²) in [5.41, 5.74) is 2.13. The van der Waals surface area contributed by atoms with E-state index in [-0.39, 0.29) is 17.6 Å². The van der Waals surface area contributed by atoms with Crippen LogP contribution in [-0.4, -0.2) is 31.4 Å². The molecule has 28 heavy (non-hydrogen) atoms. The number of hydrogen-bond acceptors (Lipinski definition) is 7. The molecule has 1 aromatic heterocycles. The molecule has 142 valence electrons. The Hall–Kier alpha value is -3.46. The lowest BCUT2D eigenvalue weighted by molar-refractivity contribution is 0.174. The molecule has 2 aromatic carbocycles. The van der Waals surface area contributed by atoms with Crippen LogP contribution in [0.25, 0.3) is 0 Å². The van der Waals surface area contributed by atoms with Crippen LogP contribution in [0.4, 0.5) is 11.6 Å². The van der Waals surface area contributed by atoms with E-state index >= 15 is 0 Å². The van der Waals surface area contributed by atoms with Crippen molar-refractivity contribution in [3.63, 3.8) is 0 Å². The minimum Gasteiger partial charge on any atom is -0.454 e. The summed E-state index contributed by atoms with van der Waals surface area (Å²) in [6.07, 6.45) is 3.17. The van der Waals surface area contributed by atoms with E-state index in [0.29, 0.717) is 22.9 Å². The quantitative estimate of drug-likeness (QED) is 0.665. The maximum Gasteiger partial charge on any atom is 0.264 e. The predicted molar refractivity (Wildman–Crippen MR) is 104 cm³/mol. The Morgan fingerprint density at radius 3 is 2.64 bits per heavy atom. The van der Waals surface area contributed by atoms with Crippen LogP contribution < -0.4 is 14.2 Å². The van der Waals surface area contributed by atoms with Gasteiger partial charge in [0.25, 0.3) is 10.0 Å². The topological polar surface area (TPSA) is 103 Å². The van der Waals surface area contributed by atoms with Crippen LogP contribution in [-0.2, 0) is 10.0 Å². The number of anilines is 1. The molecule has 9 heteroatoms. The van der Waals surface area contributed by atoms with Crippen LogP contribution >= 0.6 is 0 Å². The van der Waals surface area contributed by atoms with Gasteiger partial charge in [0.2, 0.25) is 12.7 Å². The van der Waals surface area contributed by atoms with Crippen molar-refractivity contribution in [3.8, 4) is 11.5 Å². The lowest BCUT2D eigenvalue weighted by Gasteiger charge is -2.07. The number of hydrogen-bond donors (Lipinski definition) is 1. The van der Waals surface area contributed by atoms with Gasteiger partial charge in [-0.1, -0.05) is 0 Å². The van der Waals surface area contributed by atoms with E-state index < -0.39 is 10.0 Å². The molecule has 0 unspecified atom stereocenters. The van der Waals surface area contributed by atoms with Crippen molar-refractivity contribution in [2.24, 2.45) is 4.99 Å². The summed E-state index contributed by atoms with van der Waals surface area (Å²) in [4.78, 5) is 12.4. The van der Waals surface area contributed by atoms with Crippen molar-refractivity contribution in [1.29, 1.82) is 0 Å². The third-order valence-electron chi connectivity index (χ3n) is 3.93. The zero-order chi connectivity index (χ0) is 19.6. The molecule has 0 saturated heterocycles. The molecule has 0 fully saturated rings. The molecule has 4 rings (SSSR count). The number of aryl methyl sites for hydroxylation is 1. The third kappa shape index (κ3) is 3.94. The largest absolute Gasteiger partial charge is 0.454 e. The van der Waals surface area contributed by atoms with Gasteiger partial charge in [0.05, 0.1) is 10.6 Å². The summed E-state index contributed by atoms with van der Waals surface area (Å²) in [6.45, 7) is 1.97. The first kappa shape index (κ1) is 17.9. The Morgan fingerprint density at radius 1 is 1.07 bits per heavy atom. The van der Waals surface area contributed by atoms with Gasteiger partial charge in [-0.25, -0.2) is 23.1 Å². The first-order chi connectivity index (χ1) is 13.5. The number of benzene rings is 2. The summed E-state index contributed by atoms with van der Waals surface area (Å²) in [5.74, 6) is 1.41. The summed E-state index contributed by atoms with van der Waals surface area (Å²) in [5, 5.41) is 0. The summed E-state index contributed by atoms with van der Waals surface area (Å²) >= 11 is 0. The number of aliphatic imine (C=N–C) groups is 1. The number of nitrogens with zero attached hydrogens (tertiary/aromatic N) is 3. The second-order valence-electron chi connectivity index (χ2n) is 5.99. The third-order valence-corrected chi connectivity index (χ3v) is 5.27. The molecule has 3 aromatic rings. The predicted octanol–water partition coefficient (Wildman–Crippen LogP) is 3.07. The van der Waals surface area contributed by atoms with E-state index in [9.17, 15) is 8.42 Å². The highest BCUT2D eigenvalue weighted by molar-refractivity contribution is 7.92. The van der Waals surface area contributed by atoms with Crippen LogP contribution in [0, 0.1) is 6.92 Å². The fraction of sp³-hybridized carbons (Fsp3) is 0.105. The van der Waals surface area contributed by atoms with Crippen molar-refractivity contribution in [2.75, 3.05) is 11.5 Å². The fourth-order valence-electron chi connectivity index (χ4n) is 2.53. The smallest absolute Gasteiger partial charge is 0.264 e. The average molecular weight is 396 g/mol.